The van der Waals surface area contributed by atoms with Crippen molar-refractivity contribution in [3.05, 3.63) is 23.8 Å². The standard InChI is InChI=1S/C21H31N3O4S2/c1-3-12-29-13-6-9-22-21(26)20-15-17-14-18(7-8-19(17)24(20)16(2)25)30(27,28)23-10-4-5-11-23/h7-8,14,20H,3-6,9-13,15H2,1-2H3,(H,22,26)/t20-/m1/s1. The minimum atomic E-state index is -3.53. The molecule has 2 aliphatic heterocycles. The third kappa shape index (κ3) is 5.00. The van der Waals surface area contributed by atoms with E-state index < -0.39 is 16.1 Å². The zero-order valence-corrected chi connectivity index (χ0v) is 19.4. The Morgan fingerprint density at radius 2 is 1.93 bits per heavy atom. The molecule has 1 aromatic rings. The predicted molar refractivity (Wildman–Crippen MR) is 120 cm³/mol. The average molecular weight is 454 g/mol. The molecule has 1 aromatic carbocycles. The Bertz CT molecular complexity index is 882. The van der Waals surface area contributed by atoms with E-state index in [-0.39, 0.29) is 16.7 Å². The van der Waals surface area contributed by atoms with Crippen LogP contribution < -0.4 is 10.2 Å². The molecule has 0 unspecified atom stereocenters. The molecular weight excluding hydrogens is 422 g/mol. The summed E-state index contributed by atoms with van der Waals surface area (Å²) in [6.45, 7) is 5.24. The zero-order valence-electron chi connectivity index (χ0n) is 17.7. The second kappa shape index (κ2) is 10.2. The molecule has 0 bridgehead atoms. The third-order valence-corrected chi connectivity index (χ3v) is 8.66. The predicted octanol–water partition coefficient (Wildman–Crippen LogP) is 2.40. The summed E-state index contributed by atoms with van der Waals surface area (Å²) in [6.07, 6.45) is 4.10. The number of fused-ring (bicyclic) bond motifs is 1. The van der Waals surface area contributed by atoms with E-state index in [0.717, 1.165) is 42.8 Å². The third-order valence-electron chi connectivity index (χ3n) is 5.49. The molecule has 0 aromatic heterocycles. The van der Waals surface area contributed by atoms with Gasteiger partial charge in [-0.1, -0.05) is 6.92 Å². The number of hydrogen-bond acceptors (Lipinski definition) is 5. The van der Waals surface area contributed by atoms with Crippen molar-refractivity contribution in [2.45, 2.75) is 56.9 Å². The Hall–Kier alpha value is -1.58. The lowest BCUT2D eigenvalue weighted by Crippen LogP contribution is -2.47. The van der Waals surface area contributed by atoms with Crippen molar-refractivity contribution >= 4 is 39.3 Å². The second-order valence-corrected chi connectivity index (χ2v) is 10.9. The minimum Gasteiger partial charge on any atom is -0.354 e. The van der Waals surface area contributed by atoms with Crippen molar-refractivity contribution in [1.29, 1.82) is 0 Å². The fraction of sp³-hybridized carbons (Fsp3) is 0.619. The number of anilines is 1. The van der Waals surface area contributed by atoms with Crippen LogP contribution in [0.4, 0.5) is 5.69 Å². The van der Waals surface area contributed by atoms with Crippen LogP contribution in [0.1, 0.15) is 45.1 Å². The maximum Gasteiger partial charge on any atom is 0.243 e. The largest absolute Gasteiger partial charge is 0.354 e. The first-order valence-corrected chi connectivity index (χ1v) is 13.2. The van der Waals surface area contributed by atoms with Crippen molar-refractivity contribution < 1.29 is 18.0 Å². The number of carbonyl (C=O) groups excluding carboxylic acids is 2. The highest BCUT2D eigenvalue weighted by Crippen LogP contribution is 2.35. The number of nitrogens with one attached hydrogen (secondary N) is 1. The van der Waals surface area contributed by atoms with Gasteiger partial charge in [0.1, 0.15) is 6.04 Å². The van der Waals surface area contributed by atoms with Crippen molar-refractivity contribution in [2.75, 3.05) is 36.0 Å². The Labute approximate surface area is 183 Å². The van der Waals surface area contributed by atoms with Crippen LogP contribution in [-0.4, -0.2) is 61.7 Å². The molecule has 0 spiro atoms. The lowest BCUT2D eigenvalue weighted by atomic mass is 10.1. The Morgan fingerprint density at radius 3 is 2.60 bits per heavy atom. The molecule has 1 N–H and O–H groups in total. The maximum atomic E-state index is 12.9. The molecular formula is C21H31N3O4S2. The highest BCUT2D eigenvalue weighted by Gasteiger charge is 2.38. The van der Waals surface area contributed by atoms with E-state index in [2.05, 4.69) is 12.2 Å². The number of thioether (sulfide) groups is 1. The van der Waals surface area contributed by atoms with Gasteiger partial charge in [-0.25, -0.2) is 8.42 Å². The lowest BCUT2D eigenvalue weighted by molar-refractivity contribution is -0.125. The number of sulfonamides is 1. The van der Waals surface area contributed by atoms with Crippen molar-refractivity contribution in [1.82, 2.24) is 9.62 Å². The van der Waals surface area contributed by atoms with Crippen LogP contribution in [-0.2, 0) is 26.0 Å². The molecule has 7 nitrogen and oxygen atoms in total. The first kappa shape index (κ1) is 23.1. The number of hydrogen-bond donors (Lipinski definition) is 1. The number of carbonyl (C=O) groups is 2. The summed E-state index contributed by atoms with van der Waals surface area (Å²) in [5, 5.41) is 2.94. The summed E-state index contributed by atoms with van der Waals surface area (Å²) in [6, 6.07) is 4.21. The zero-order chi connectivity index (χ0) is 21.7. The van der Waals surface area contributed by atoms with Crippen LogP contribution in [0.5, 0.6) is 0 Å². The molecule has 1 saturated heterocycles. The van der Waals surface area contributed by atoms with Gasteiger partial charge in [0.15, 0.2) is 0 Å². The lowest BCUT2D eigenvalue weighted by Gasteiger charge is -2.23. The SMILES string of the molecule is CCCSCCCNC(=O)[C@H]1Cc2cc(S(=O)(=O)N3CCCC3)ccc2N1C(C)=O. The van der Waals surface area contributed by atoms with Gasteiger partial charge >= 0.3 is 0 Å². The van der Waals surface area contributed by atoms with E-state index >= 15 is 0 Å². The molecule has 0 aliphatic carbocycles. The molecule has 0 radical (unpaired) electrons. The van der Waals surface area contributed by atoms with Gasteiger partial charge in [-0.3, -0.25) is 14.5 Å². The second-order valence-electron chi connectivity index (χ2n) is 7.77. The fourth-order valence-electron chi connectivity index (χ4n) is 4.01. The van der Waals surface area contributed by atoms with Gasteiger partial charge in [0, 0.05) is 38.7 Å². The van der Waals surface area contributed by atoms with Crippen LogP contribution in [0.15, 0.2) is 23.1 Å². The van der Waals surface area contributed by atoms with Crippen LogP contribution in [0.2, 0.25) is 0 Å². The van der Waals surface area contributed by atoms with E-state index in [1.807, 2.05) is 11.8 Å². The van der Waals surface area contributed by atoms with Gasteiger partial charge in [-0.15, -0.1) is 0 Å². The van der Waals surface area contributed by atoms with Gasteiger partial charge in [0.2, 0.25) is 21.8 Å². The van der Waals surface area contributed by atoms with E-state index in [4.69, 9.17) is 0 Å². The fourth-order valence-corrected chi connectivity index (χ4v) is 6.42. The van der Waals surface area contributed by atoms with Crippen LogP contribution in [0.3, 0.4) is 0 Å². The normalized spacial score (nSPS) is 19.1. The summed E-state index contributed by atoms with van der Waals surface area (Å²) in [5.41, 5.74) is 1.35. The van der Waals surface area contributed by atoms with Gasteiger partial charge in [0.25, 0.3) is 0 Å². The molecule has 1 atom stereocenters. The molecule has 0 saturated carbocycles. The van der Waals surface area contributed by atoms with Gasteiger partial charge < -0.3 is 5.32 Å². The smallest absolute Gasteiger partial charge is 0.243 e. The van der Waals surface area contributed by atoms with Crippen LogP contribution >= 0.6 is 11.8 Å². The van der Waals surface area contributed by atoms with Crippen molar-refractivity contribution in [2.24, 2.45) is 0 Å². The number of rotatable bonds is 9. The Balaban J connectivity index is 1.71. The van der Waals surface area contributed by atoms with Gasteiger partial charge in [-0.2, -0.15) is 16.1 Å². The van der Waals surface area contributed by atoms with E-state index in [1.54, 1.807) is 18.2 Å². The summed E-state index contributed by atoms with van der Waals surface area (Å²) in [7, 11) is -3.53. The van der Waals surface area contributed by atoms with E-state index in [0.29, 0.717) is 31.7 Å². The quantitative estimate of drug-likeness (QED) is 0.580. The molecule has 2 heterocycles. The van der Waals surface area contributed by atoms with E-state index in [1.165, 1.54) is 16.1 Å². The van der Waals surface area contributed by atoms with E-state index in [9.17, 15) is 18.0 Å². The number of nitrogens with zero attached hydrogens (tertiary/aromatic N) is 2. The summed E-state index contributed by atoms with van der Waals surface area (Å²) in [5.74, 6) is 1.70. The molecule has 166 valence electrons. The Kier molecular flexibility index (Phi) is 7.81. The average Bonchev–Trinajstić information content (AvgIpc) is 3.38. The summed E-state index contributed by atoms with van der Waals surface area (Å²) in [4.78, 5) is 26.8. The highest BCUT2D eigenvalue weighted by atomic mass is 32.2. The molecule has 2 amide bonds. The van der Waals surface area contributed by atoms with Gasteiger partial charge in [-0.05, 0) is 61.0 Å². The topological polar surface area (TPSA) is 86.8 Å². The molecule has 3 rings (SSSR count). The first-order valence-electron chi connectivity index (χ1n) is 10.6. The molecule has 9 heteroatoms. The van der Waals surface area contributed by atoms with Crippen molar-refractivity contribution in [3.8, 4) is 0 Å². The number of amides is 2. The van der Waals surface area contributed by atoms with Crippen LogP contribution in [0, 0.1) is 0 Å². The van der Waals surface area contributed by atoms with Crippen LogP contribution in [0.25, 0.3) is 0 Å². The maximum absolute atomic E-state index is 12.9. The highest BCUT2D eigenvalue weighted by molar-refractivity contribution is 7.99. The van der Waals surface area contributed by atoms with Gasteiger partial charge in [0.05, 0.1) is 4.90 Å². The molecule has 30 heavy (non-hydrogen) atoms. The molecule has 2 aliphatic rings. The summed E-state index contributed by atoms with van der Waals surface area (Å²) < 4.78 is 27.3. The first-order chi connectivity index (χ1) is 14.4. The Morgan fingerprint density at radius 1 is 1.20 bits per heavy atom. The monoisotopic (exact) mass is 453 g/mol. The van der Waals surface area contributed by atoms with Crippen molar-refractivity contribution in [3.63, 3.8) is 0 Å². The minimum absolute atomic E-state index is 0.189. The number of benzene rings is 1. The molecule has 1 fully saturated rings. The summed E-state index contributed by atoms with van der Waals surface area (Å²) >= 11 is 1.87.